The molecule has 19 heavy (non-hydrogen) atoms. The highest BCUT2D eigenvalue weighted by atomic mass is 32.1. The Morgan fingerprint density at radius 3 is 2.05 bits per heavy atom. The van der Waals surface area contributed by atoms with E-state index in [0.717, 1.165) is 17.7 Å². The number of rotatable bonds is 12. The summed E-state index contributed by atoms with van der Waals surface area (Å²) in [7, 11) is 0. The van der Waals surface area contributed by atoms with E-state index < -0.39 is 0 Å². The van der Waals surface area contributed by atoms with Crippen LogP contribution in [0.2, 0.25) is 0 Å². The van der Waals surface area contributed by atoms with Crippen LogP contribution in [0, 0.1) is 0 Å². The Hall–Kier alpha value is -0.340. The lowest BCUT2D eigenvalue weighted by Crippen LogP contribution is -1.94. The average Bonchev–Trinajstić information content (AvgIpc) is 2.95. The minimum absolute atomic E-state index is 0.228. The van der Waals surface area contributed by atoms with E-state index in [1.807, 2.05) is 17.5 Å². The second kappa shape index (κ2) is 11.5. The average molecular weight is 282 g/mol. The van der Waals surface area contributed by atoms with Gasteiger partial charge in [0.25, 0.3) is 0 Å². The van der Waals surface area contributed by atoms with E-state index in [0.29, 0.717) is 0 Å². The van der Waals surface area contributed by atoms with Gasteiger partial charge in [-0.05, 0) is 17.9 Å². The third-order valence-corrected chi connectivity index (χ3v) is 4.68. The highest BCUT2D eigenvalue weighted by Crippen LogP contribution is 2.24. The Morgan fingerprint density at radius 2 is 1.53 bits per heavy atom. The summed E-state index contributed by atoms with van der Waals surface area (Å²) in [6.45, 7) is 2.27. The highest BCUT2D eigenvalue weighted by molar-refractivity contribution is 7.10. The summed E-state index contributed by atoms with van der Waals surface area (Å²) < 4.78 is 0. The van der Waals surface area contributed by atoms with Gasteiger partial charge in [0.1, 0.15) is 0 Å². The molecule has 1 N–H and O–H groups in total. The number of aliphatic hydroxyl groups is 1. The molecule has 1 heterocycles. The van der Waals surface area contributed by atoms with Gasteiger partial charge in [0, 0.05) is 4.88 Å². The first kappa shape index (κ1) is 16.7. The lowest BCUT2D eigenvalue weighted by molar-refractivity contribution is 0.167. The Kier molecular flexibility index (Phi) is 10.1. The number of thiophene rings is 1. The maximum absolute atomic E-state index is 9.94. The number of hydrogen-bond donors (Lipinski definition) is 1. The predicted octanol–water partition coefficient (Wildman–Crippen LogP) is 6.09. The van der Waals surface area contributed by atoms with E-state index in [-0.39, 0.29) is 6.10 Å². The van der Waals surface area contributed by atoms with Crippen molar-refractivity contribution in [3.63, 3.8) is 0 Å². The molecule has 0 aromatic carbocycles. The van der Waals surface area contributed by atoms with Gasteiger partial charge in [0.2, 0.25) is 0 Å². The predicted molar refractivity (Wildman–Crippen MR) is 85.7 cm³/mol. The molecule has 110 valence electrons. The van der Waals surface area contributed by atoms with Crippen molar-refractivity contribution in [2.24, 2.45) is 0 Å². The summed E-state index contributed by atoms with van der Waals surface area (Å²) in [6, 6.07) is 4.05. The van der Waals surface area contributed by atoms with Gasteiger partial charge in [-0.3, -0.25) is 0 Å². The molecular formula is C17H30OS. The van der Waals surface area contributed by atoms with Crippen LogP contribution in [-0.2, 0) is 0 Å². The maximum Gasteiger partial charge on any atom is 0.0882 e. The number of aliphatic hydroxyl groups excluding tert-OH is 1. The van der Waals surface area contributed by atoms with E-state index in [2.05, 4.69) is 6.92 Å². The second-order valence-corrected chi connectivity index (χ2v) is 6.48. The number of hydrogen-bond acceptors (Lipinski definition) is 2. The molecule has 0 spiro atoms. The van der Waals surface area contributed by atoms with Gasteiger partial charge in [-0.25, -0.2) is 0 Å². The molecule has 0 fully saturated rings. The van der Waals surface area contributed by atoms with E-state index in [9.17, 15) is 5.11 Å². The zero-order valence-electron chi connectivity index (χ0n) is 12.4. The van der Waals surface area contributed by atoms with Crippen molar-refractivity contribution in [1.29, 1.82) is 0 Å². The molecule has 2 heteroatoms. The third kappa shape index (κ3) is 8.43. The summed E-state index contributed by atoms with van der Waals surface area (Å²) in [5.74, 6) is 0. The van der Waals surface area contributed by atoms with Crippen LogP contribution in [0.4, 0.5) is 0 Å². The topological polar surface area (TPSA) is 20.2 Å². The van der Waals surface area contributed by atoms with Crippen molar-refractivity contribution in [1.82, 2.24) is 0 Å². The van der Waals surface area contributed by atoms with Crippen LogP contribution in [0.25, 0.3) is 0 Å². The molecular weight excluding hydrogens is 252 g/mol. The van der Waals surface area contributed by atoms with Crippen LogP contribution in [0.1, 0.15) is 88.5 Å². The molecule has 1 rings (SSSR count). The monoisotopic (exact) mass is 282 g/mol. The minimum atomic E-state index is -0.228. The lowest BCUT2D eigenvalue weighted by Gasteiger charge is -2.08. The molecule has 0 radical (unpaired) electrons. The first-order valence-corrected chi connectivity index (χ1v) is 8.94. The van der Waals surface area contributed by atoms with Gasteiger partial charge >= 0.3 is 0 Å². The molecule has 1 atom stereocenters. The molecule has 1 aromatic heterocycles. The van der Waals surface area contributed by atoms with Crippen molar-refractivity contribution in [2.45, 2.75) is 83.7 Å². The van der Waals surface area contributed by atoms with Crippen molar-refractivity contribution in [2.75, 3.05) is 0 Å². The smallest absolute Gasteiger partial charge is 0.0882 e. The third-order valence-electron chi connectivity index (χ3n) is 3.70. The fraction of sp³-hybridized carbons (Fsp3) is 0.765. The molecule has 0 aliphatic carbocycles. The molecule has 1 unspecified atom stereocenters. The fourth-order valence-electron chi connectivity index (χ4n) is 2.45. The van der Waals surface area contributed by atoms with Crippen molar-refractivity contribution >= 4 is 11.3 Å². The summed E-state index contributed by atoms with van der Waals surface area (Å²) in [5.41, 5.74) is 0. The molecule has 0 saturated carbocycles. The standard InChI is InChI=1S/C17H30OS/c1-2-3-4-5-6-7-8-9-10-11-13-16(18)17-14-12-15-19-17/h12,14-16,18H,2-11,13H2,1H3. The normalized spacial score (nSPS) is 12.7. The van der Waals surface area contributed by atoms with Crippen LogP contribution in [0.15, 0.2) is 17.5 Å². The van der Waals surface area contributed by atoms with Crippen molar-refractivity contribution in [3.8, 4) is 0 Å². The molecule has 0 saturated heterocycles. The van der Waals surface area contributed by atoms with E-state index >= 15 is 0 Å². The molecule has 1 aromatic rings. The summed E-state index contributed by atoms with van der Waals surface area (Å²) in [4.78, 5) is 1.12. The van der Waals surface area contributed by atoms with Gasteiger partial charge in [0.05, 0.1) is 6.10 Å². The van der Waals surface area contributed by atoms with Gasteiger partial charge in [-0.15, -0.1) is 11.3 Å². The van der Waals surface area contributed by atoms with E-state index in [1.165, 1.54) is 57.8 Å². The Labute approximate surface area is 123 Å². The quantitative estimate of drug-likeness (QED) is 0.460. The molecule has 1 nitrogen and oxygen atoms in total. The zero-order chi connectivity index (χ0) is 13.8. The van der Waals surface area contributed by atoms with Crippen LogP contribution >= 0.6 is 11.3 Å². The Morgan fingerprint density at radius 1 is 0.947 bits per heavy atom. The van der Waals surface area contributed by atoms with Crippen molar-refractivity contribution < 1.29 is 5.11 Å². The molecule has 0 aliphatic rings. The van der Waals surface area contributed by atoms with Gasteiger partial charge in [-0.1, -0.05) is 77.2 Å². The van der Waals surface area contributed by atoms with Gasteiger partial charge in [-0.2, -0.15) is 0 Å². The fourth-order valence-corrected chi connectivity index (χ4v) is 3.19. The number of unbranched alkanes of at least 4 members (excludes halogenated alkanes) is 9. The highest BCUT2D eigenvalue weighted by Gasteiger charge is 2.07. The zero-order valence-corrected chi connectivity index (χ0v) is 13.3. The van der Waals surface area contributed by atoms with Gasteiger partial charge < -0.3 is 5.11 Å². The lowest BCUT2D eigenvalue weighted by atomic mass is 10.0. The SMILES string of the molecule is CCCCCCCCCCCCC(O)c1cccs1. The Bertz CT molecular complexity index is 281. The molecule has 0 amide bonds. The van der Waals surface area contributed by atoms with Crippen LogP contribution in [0.5, 0.6) is 0 Å². The minimum Gasteiger partial charge on any atom is -0.388 e. The second-order valence-electron chi connectivity index (χ2n) is 5.50. The van der Waals surface area contributed by atoms with E-state index in [1.54, 1.807) is 11.3 Å². The first-order chi connectivity index (χ1) is 9.34. The maximum atomic E-state index is 9.94. The molecule has 0 bridgehead atoms. The molecule has 0 aliphatic heterocycles. The summed E-state index contributed by atoms with van der Waals surface area (Å²) >= 11 is 1.66. The largest absolute Gasteiger partial charge is 0.388 e. The van der Waals surface area contributed by atoms with Crippen LogP contribution in [-0.4, -0.2) is 5.11 Å². The van der Waals surface area contributed by atoms with Gasteiger partial charge in [0.15, 0.2) is 0 Å². The first-order valence-electron chi connectivity index (χ1n) is 8.06. The van der Waals surface area contributed by atoms with Crippen LogP contribution < -0.4 is 0 Å². The van der Waals surface area contributed by atoms with Crippen molar-refractivity contribution in [3.05, 3.63) is 22.4 Å². The van der Waals surface area contributed by atoms with E-state index in [4.69, 9.17) is 0 Å². The summed E-state index contributed by atoms with van der Waals surface area (Å²) in [6.07, 6.45) is 14.3. The Balaban J connectivity index is 1.83. The summed E-state index contributed by atoms with van der Waals surface area (Å²) in [5, 5.41) is 12.0. The van der Waals surface area contributed by atoms with Crippen LogP contribution in [0.3, 0.4) is 0 Å².